The van der Waals surface area contributed by atoms with Crippen LogP contribution in [-0.2, 0) is 5.41 Å². The van der Waals surface area contributed by atoms with Crippen LogP contribution >= 0.6 is 0 Å². The fraction of sp³-hybridized carbons (Fsp3) is 0.0545. The van der Waals surface area contributed by atoms with Crippen molar-refractivity contribution in [2.24, 2.45) is 0 Å². The van der Waals surface area contributed by atoms with Crippen molar-refractivity contribution >= 4 is 43.7 Å². The van der Waals surface area contributed by atoms with E-state index in [1.54, 1.807) is 0 Å². The van der Waals surface area contributed by atoms with Crippen LogP contribution in [0.5, 0.6) is 0 Å². The summed E-state index contributed by atoms with van der Waals surface area (Å²) in [5.41, 5.74) is 12.0. The molecule has 9 aromatic carbocycles. The monoisotopic (exact) mass is 715 g/mol. The third-order valence-corrected chi connectivity index (χ3v) is 11.7. The normalized spacial score (nSPS) is 15.3. The quantitative estimate of drug-likeness (QED) is 0.149. The van der Waals surface area contributed by atoms with Gasteiger partial charge in [0.15, 0.2) is 0 Å². The Labute approximate surface area is 329 Å². The molecule has 0 N–H and O–H groups in total. The number of nitrogens with zero attached hydrogens (tertiary/aromatic N) is 1. The van der Waals surface area contributed by atoms with E-state index in [1.165, 1.54) is 77.0 Å². The Bertz CT molecular complexity index is 2790. The summed E-state index contributed by atoms with van der Waals surface area (Å²) in [5, 5.41) is 7.82. The molecular weight excluding hydrogens is 675 g/mol. The average Bonchev–Trinajstić information content (AvgIpc) is 3.28. The molecule has 0 aliphatic heterocycles. The van der Waals surface area contributed by atoms with Crippen molar-refractivity contribution in [2.45, 2.75) is 18.8 Å². The molecule has 0 heterocycles. The van der Waals surface area contributed by atoms with Crippen LogP contribution < -0.4 is 4.90 Å². The van der Waals surface area contributed by atoms with E-state index in [0.29, 0.717) is 0 Å². The Morgan fingerprint density at radius 2 is 0.857 bits per heavy atom. The van der Waals surface area contributed by atoms with Crippen LogP contribution in [0.1, 0.15) is 18.9 Å². The van der Waals surface area contributed by atoms with Gasteiger partial charge in [-0.2, -0.15) is 0 Å². The first-order valence-corrected chi connectivity index (χ1v) is 19.6. The second-order valence-corrected chi connectivity index (χ2v) is 15.1. The molecule has 0 spiro atoms. The van der Waals surface area contributed by atoms with Gasteiger partial charge in [0.05, 0.1) is 0 Å². The maximum Gasteiger partial charge on any atom is 0.0461 e. The van der Waals surface area contributed by atoms with Crippen LogP contribution in [0.15, 0.2) is 224 Å². The zero-order valence-corrected chi connectivity index (χ0v) is 31.4. The Balaban J connectivity index is 1.02. The minimum absolute atomic E-state index is 0.168. The molecule has 0 saturated carbocycles. The molecule has 9 aromatic rings. The van der Waals surface area contributed by atoms with Gasteiger partial charge in [0.2, 0.25) is 0 Å². The molecule has 1 nitrogen and oxygen atoms in total. The number of benzene rings is 9. The van der Waals surface area contributed by atoms with E-state index in [-0.39, 0.29) is 5.41 Å². The van der Waals surface area contributed by atoms with E-state index in [0.717, 1.165) is 17.8 Å². The van der Waals surface area contributed by atoms with Crippen LogP contribution in [0.4, 0.5) is 11.4 Å². The SMILES string of the molecule is CC1(c2cccc(-c3cccc4c5ccccc5c5ccccc5c34)c2)C=CC(N(c2ccc(-c3ccccc3)cc2)c2ccc(-c3ccccc3)cc2)=CC1. The standard InChI is InChI=1S/C55H41N/c1-55(44-19-12-18-43(38-44)48-24-13-25-53-51-21-9-8-20-49(51)50-22-10-11-23-52(50)54(48)53)36-34-47(35-37-55)56(45-30-26-41(27-31-45)39-14-4-2-5-15-39)46-32-28-42(29-33-46)40-16-6-3-7-17-40/h2-36,38H,37H2,1H3. The van der Waals surface area contributed by atoms with E-state index in [4.69, 9.17) is 0 Å². The highest BCUT2D eigenvalue weighted by molar-refractivity contribution is 6.28. The average molecular weight is 716 g/mol. The third kappa shape index (κ3) is 5.99. The highest BCUT2D eigenvalue weighted by Crippen LogP contribution is 2.43. The molecule has 0 radical (unpaired) electrons. The van der Waals surface area contributed by atoms with Crippen molar-refractivity contribution in [3.05, 3.63) is 230 Å². The molecule has 10 rings (SSSR count). The van der Waals surface area contributed by atoms with E-state index < -0.39 is 0 Å². The number of allylic oxidation sites excluding steroid dienone is 3. The molecule has 0 bridgehead atoms. The lowest BCUT2D eigenvalue weighted by atomic mass is 9.76. The smallest absolute Gasteiger partial charge is 0.0461 e. The summed E-state index contributed by atoms with van der Waals surface area (Å²) in [6.45, 7) is 2.37. The maximum atomic E-state index is 2.42. The van der Waals surface area contributed by atoms with Gasteiger partial charge in [-0.3, -0.25) is 0 Å². The van der Waals surface area contributed by atoms with Crippen molar-refractivity contribution in [1.82, 2.24) is 0 Å². The lowest BCUT2D eigenvalue weighted by Crippen LogP contribution is -2.24. The molecule has 1 aliphatic carbocycles. The van der Waals surface area contributed by atoms with Crippen molar-refractivity contribution in [3.63, 3.8) is 0 Å². The van der Waals surface area contributed by atoms with Gasteiger partial charge in [0.1, 0.15) is 0 Å². The molecule has 1 atom stereocenters. The van der Waals surface area contributed by atoms with Gasteiger partial charge in [-0.05, 0) is 108 Å². The Kier molecular flexibility index (Phi) is 8.42. The number of fused-ring (bicyclic) bond motifs is 6. The number of hydrogen-bond acceptors (Lipinski definition) is 1. The van der Waals surface area contributed by atoms with Crippen molar-refractivity contribution in [1.29, 1.82) is 0 Å². The maximum absolute atomic E-state index is 2.42. The lowest BCUT2D eigenvalue weighted by molar-refractivity contribution is 0.595. The summed E-state index contributed by atoms with van der Waals surface area (Å²) < 4.78 is 0. The summed E-state index contributed by atoms with van der Waals surface area (Å²) in [6, 6.07) is 72.8. The van der Waals surface area contributed by atoms with Gasteiger partial charge in [-0.15, -0.1) is 0 Å². The van der Waals surface area contributed by atoms with Crippen LogP contribution in [0.25, 0.3) is 65.7 Å². The number of anilines is 2. The fourth-order valence-corrected chi connectivity index (χ4v) is 8.65. The molecule has 1 unspecified atom stereocenters. The molecule has 0 fully saturated rings. The second-order valence-electron chi connectivity index (χ2n) is 15.1. The van der Waals surface area contributed by atoms with Gasteiger partial charge < -0.3 is 4.90 Å². The second kappa shape index (κ2) is 14.0. The Morgan fingerprint density at radius 3 is 1.39 bits per heavy atom. The summed E-state index contributed by atoms with van der Waals surface area (Å²) in [7, 11) is 0. The summed E-state index contributed by atoms with van der Waals surface area (Å²) in [4.78, 5) is 2.39. The third-order valence-electron chi connectivity index (χ3n) is 11.7. The van der Waals surface area contributed by atoms with Crippen LogP contribution in [0, 0.1) is 0 Å². The molecule has 266 valence electrons. The van der Waals surface area contributed by atoms with E-state index in [1.807, 2.05) is 0 Å². The summed E-state index contributed by atoms with van der Waals surface area (Å²) in [6.07, 6.45) is 8.04. The zero-order valence-electron chi connectivity index (χ0n) is 31.4. The van der Waals surface area contributed by atoms with Gasteiger partial charge in [-0.25, -0.2) is 0 Å². The zero-order chi connectivity index (χ0) is 37.5. The van der Waals surface area contributed by atoms with Crippen LogP contribution in [0.2, 0.25) is 0 Å². The summed E-state index contributed by atoms with van der Waals surface area (Å²) in [5.74, 6) is 0. The predicted octanol–water partition coefficient (Wildman–Crippen LogP) is 15.1. The fourth-order valence-electron chi connectivity index (χ4n) is 8.65. The van der Waals surface area contributed by atoms with Gasteiger partial charge in [0, 0.05) is 22.5 Å². The number of hydrogen-bond donors (Lipinski definition) is 0. The first kappa shape index (κ1) is 33.6. The molecule has 0 aromatic heterocycles. The minimum atomic E-state index is -0.168. The molecular formula is C55H41N. The van der Waals surface area contributed by atoms with E-state index in [9.17, 15) is 0 Å². The van der Waals surface area contributed by atoms with Crippen molar-refractivity contribution < 1.29 is 0 Å². The Morgan fingerprint density at radius 1 is 0.411 bits per heavy atom. The van der Waals surface area contributed by atoms with Crippen LogP contribution in [-0.4, -0.2) is 0 Å². The summed E-state index contributed by atoms with van der Waals surface area (Å²) >= 11 is 0. The first-order valence-electron chi connectivity index (χ1n) is 19.6. The Hall–Kier alpha value is -6.96. The number of rotatable bonds is 7. The topological polar surface area (TPSA) is 3.24 Å². The minimum Gasteiger partial charge on any atom is -0.311 e. The van der Waals surface area contributed by atoms with Gasteiger partial charge >= 0.3 is 0 Å². The molecule has 56 heavy (non-hydrogen) atoms. The predicted molar refractivity (Wildman–Crippen MR) is 239 cm³/mol. The molecule has 0 saturated heterocycles. The van der Waals surface area contributed by atoms with Gasteiger partial charge in [0.25, 0.3) is 0 Å². The van der Waals surface area contributed by atoms with Crippen LogP contribution in [0.3, 0.4) is 0 Å². The highest BCUT2D eigenvalue weighted by Gasteiger charge is 2.28. The van der Waals surface area contributed by atoms with Crippen molar-refractivity contribution in [3.8, 4) is 33.4 Å². The highest BCUT2D eigenvalue weighted by atomic mass is 15.1. The van der Waals surface area contributed by atoms with Gasteiger partial charge in [-0.1, -0.05) is 195 Å². The van der Waals surface area contributed by atoms with E-state index in [2.05, 4.69) is 230 Å². The molecule has 0 amide bonds. The van der Waals surface area contributed by atoms with E-state index >= 15 is 0 Å². The molecule has 1 heteroatoms. The van der Waals surface area contributed by atoms with Crippen molar-refractivity contribution in [2.75, 3.05) is 4.90 Å². The molecule has 1 aliphatic rings. The lowest BCUT2D eigenvalue weighted by Gasteiger charge is -2.33. The largest absolute Gasteiger partial charge is 0.311 e. The first-order chi connectivity index (χ1) is 27.6.